The molecule has 26 heavy (non-hydrogen) atoms. The zero-order chi connectivity index (χ0) is 19.4. The Balaban J connectivity index is 2.44. The summed E-state index contributed by atoms with van der Waals surface area (Å²) in [6.45, 7) is 1.54. The number of ether oxygens (including phenoxy) is 2. The fourth-order valence-electron chi connectivity index (χ4n) is 2.26. The molecule has 136 valence electrons. The van der Waals surface area contributed by atoms with Crippen LogP contribution in [-0.4, -0.2) is 30.0 Å². The monoisotopic (exact) mass is 361 g/mol. The average molecular weight is 361 g/mol. The Morgan fingerprint density at radius 2 is 1.54 bits per heavy atom. The maximum atomic E-state index is 12.4. The van der Waals surface area contributed by atoms with Gasteiger partial charge in [0.25, 0.3) is 17.3 Å². The van der Waals surface area contributed by atoms with Crippen LogP contribution in [-0.2, 0) is 0 Å². The van der Waals surface area contributed by atoms with Gasteiger partial charge in [-0.2, -0.15) is 0 Å². The first kappa shape index (κ1) is 18.6. The maximum Gasteiger partial charge on any atom is 0.296 e. The second kappa shape index (κ2) is 7.47. The van der Waals surface area contributed by atoms with Crippen LogP contribution in [0, 0.1) is 27.2 Å². The number of rotatable bonds is 6. The molecule has 0 fully saturated rings. The van der Waals surface area contributed by atoms with Gasteiger partial charge in [-0.05, 0) is 13.0 Å². The maximum absolute atomic E-state index is 12.4. The van der Waals surface area contributed by atoms with Crippen molar-refractivity contribution in [2.45, 2.75) is 6.92 Å². The molecule has 1 amide bonds. The Labute approximate surface area is 147 Å². The van der Waals surface area contributed by atoms with Crippen molar-refractivity contribution >= 4 is 23.0 Å². The first-order valence-electron chi connectivity index (χ1n) is 7.25. The fourth-order valence-corrected chi connectivity index (χ4v) is 2.26. The fraction of sp³-hybridized carbons (Fsp3) is 0.188. The van der Waals surface area contributed by atoms with E-state index in [1.165, 1.54) is 32.4 Å². The van der Waals surface area contributed by atoms with Crippen LogP contribution in [0.3, 0.4) is 0 Å². The van der Waals surface area contributed by atoms with E-state index in [-0.39, 0.29) is 28.4 Å². The van der Waals surface area contributed by atoms with Gasteiger partial charge in [0.05, 0.1) is 30.1 Å². The molecule has 0 bridgehead atoms. The molecule has 10 heteroatoms. The molecule has 0 saturated carbocycles. The summed E-state index contributed by atoms with van der Waals surface area (Å²) in [4.78, 5) is 33.4. The Kier molecular flexibility index (Phi) is 5.36. The summed E-state index contributed by atoms with van der Waals surface area (Å²) in [5.41, 5.74) is -0.368. The molecule has 2 rings (SSSR count). The van der Waals surface area contributed by atoms with E-state index in [2.05, 4.69) is 5.32 Å². The van der Waals surface area contributed by atoms with Crippen LogP contribution >= 0.6 is 0 Å². The van der Waals surface area contributed by atoms with E-state index in [0.717, 1.165) is 12.1 Å². The lowest BCUT2D eigenvalue weighted by atomic mass is 10.1. The first-order valence-corrected chi connectivity index (χ1v) is 7.25. The van der Waals surface area contributed by atoms with Gasteiger partial charge in [0.1, 0.15) is 5.69 Å². The minimum absolute atomic E-state index is 0.00798. The molecule has 0 aliphatic heterocycles. The van der Waals surface area contributed by atoms with Crippen LogP contribution in [0.1, 0.15) is 15.9 Å². The van der Waals surface area contributed by atoms with E-state index in [1.807, 2.05) is 0 Å². The van der Waals surface area contributed by atoms with Crippen LogP contribution in [0.25, 0.3) is 0 Å². The molecule has 1 N–H and O–H groups in total. The average Bonchev–Trinajstić information content (AvgIpc) is 2.60. The third-order valence-electron chi connectivity index (χ3n) is 3.61. The number of nitro benzene ring substituents is 2. The SMILES string of the molecule is COc1cc(NC(=O)c2ccc(C)c([N+](=O)[O-])c2)c([N+](=O)[O-])cc1OC. The quantitative estimate of drug-likeness (QED) is 0.617. The van der Waals surface area contributed by atoms with Crippen LogP contribution in [0.15, 0.2) is 30.3 Å². The number of amides is 1. The van der Waals surface area contributed by atoms with Gasteiger partial charge in [-0.25, -0.2) is 0 Å². The summed E-state index contributed by atoms with van der Waals surface area (Å²) in [5, 5.41) is 24.7. The van der Waals surface area contributed by atoms with Crippen molar-refractivity contribution in [3.8, 4) is 11.5 Å². The molecule has 0 atom stereocenters. The lowest BCUT2D eigenvalue weighted by Crippen LogP contribution is -2.14. The summed E-state index contributed by atoms with van der Waals surface area (Å²) in [5.74, 6) is -0.421. The number of nitrogens with one attached hydrogen (secondary N) is 1. The zero-order valence-corrected chi connectivity index (χ0v) is 14.1. The topological polar surface area (TPSA) is 134 Å². The molecule has 0 unspecified atom stereocenters. The predicted molar refractivity (Wildman–Crippen MR) is 92.0 cm³/mol. The molecular weight excluding hydrogens is 346 g/mol. The standard InChI is InChI=1S/C16H15N3O7/c1-9-4-5-10(6-12(9)18(21)22)16(20)17-11-7-14(25-2)15(26-3)8-13(11)19(23)24/h4-8H,1-3H3,(H,17,20). The number of hydrogen-bond acceptors (Lipinski definition) is 7. The normalized spacial score (nSPS) is 10.1. The minimum Gasteiger partial charge on any atom is -0.493 e. The molecule has 0 aliphatic rings. The molecule has 0 aliphatic carbocycles. The summed E-state index contributed by atoms with van der Waals surface area (Å²) in [6.07, 6.45) is 0. The molecule has 0 aromatic heterocycles. The predicted octanol–water partition coefficient (Wildman–Crippen LogP) is 3.08. The largest absolute Gasteiger partial charge is 0.493 e. The molecule has 0 heterocycles. The molecule has 0 radical (unpaired) electrons. The van der Waals surface area contributed by atoms with Crippen molar-refractivity contribution in [3.05, 3.63) is 61.7 Å². The lowest BCUT2D eigenvalue weighted by molar-refractivity contribution is -0.385. The van der Waals surface area contributed by atoms with E-state index < -0.39 is 21.4 Å². The zero-order valence-electron chi connectivity index (χ0n) is 14.1. The number of benzene rings is 2. The van der Waals surface area contributed by atoms with E-state index in [1.54, 1.807) is 6.92 Å². The molecule has 0 saturated heterocycles. The van der Waals surface area contributed by atoms with Crippen molar-refractivity contribution in [3.63, 3.8) is 0 Å². The summed E-state index contributed by atoms with van der Waals surface area (Å²) in [7, 11) is 2.67. The van der Waals surface area contributed by atoms with Crippen LogP contribution in [0.5, 0.6) is 11.5 Å². The molecule has 0 spiro atoms. The van der Waals surface area contributed by atoms with Crippen molar-refractivity contribution in [1.82, 2.24) is 0 Å². The lowest BCUT2D eigenvalue weighted by Gasteiger charge is -2.11. The highest BCUT2D eigenvalue weighted by Crippen LogP contribution is 2.37. The van der Waals surface area contributed by atoms with Gasteiger partial charge in [0, 0.05) is 23.3 Å². The molecule has 10 nitrogen and oxygen atoms in total. The number of anilines is 1. The Hall–Kier alpha value is -3.69. The highest BCUT2D eigenvalue weighted by molar-refractivity contribution is 6.06. The second-order valence-corrected chi connectivity index (χ2v) is 5.19. The van der Waals surface area contributed by atoms with Crippen molar-refractivity contribution in [1.29, 1.82) is 0 Å². The number of nitro groups is 2. The number of carbonyl (C=O) groups is 1. The van der Waals surface area contributed by atoms with E-state index in [9.17, 15) is 25.0 Å². The van der Waals surface area contributed by atoms with Crippen molar-refractivity contribution in [2.24, 2.45) is 0 Å². The van der Waals surface area contributed by atoms with Crippen molar-refractivity contribution < 1.29 is 24.1 Å². The highest BCUT2D eigenvalue weighted by atomic mass is 16.6. The van der Waals surface area contributed by atoms with E-state index in [4.69, 9.17) is 9.47 Å². The Morgan fingerprint density at radius 1 is 0.962 bits per heavy atom. The van der Waals surface area contributed by atoms with Gasteiger partial charge in [-0.15, -0.1) is 0 Å². The Morgan fingerprint density at radius 3 is 2.08 bits per heavy atom. The van der Waals surface area contributed by atoms with Crippen molar-refractivity contribution in [2.75, 3.05) is 19.5 Å². The van der Waals surface area contributed by atoms with Gasteiger partial charge in [-0.3, -0.25) is 25.0 Å². The number of carbonyl (C=O) groups excluding carboxylic acids is 1. The summed E-state index contributed by atoms with van der Waals surface area (Å²) >= 11 is 0. The van der Waals surface area contributed by atoms with E-state index >= 15 is 0 Å². The first-order chi connectivity index (χ1) is 12.3. The third-order valence-corrected chi connectivity index (χ3v) is 3.61. The van der Waals surface area contributed by atoms with Crippen LogP contribution in [0.2, 0.25) is 0 Å². The number of aryl methyl sites for hydroxylation is 1. The summed E-state index contributed by atoms with van der Waals surface area (Å²) in [6, 6.07) is 6.29. The highest BCUT2D eigenvalue weighted by Gasteiger charge is 2.22. The van der Waals surface area contributed by atoms with Crippen LogP contribution < -0.4 is 14.8 Å². The molecule has 2 aromatic carbocycles. The molecule has 2 aromatic rings. The number of nitrogens with zero attached hydrogens (tertiary/aromatic N) is 2. The van der Waals surface area contributed by atoms with Gasteiger partial charge in [-0.1, -0.05) is 6.07 Å². The van der Waals surface area contributed by atoms with Gasteiger partial charge in [0.2, 0.25) is 0 Å². The van der Waals surface area contributed by atoms with Gasteiger partial charge >= 0.3 is 0 Å². The smallest absolute Gasteiger partial charge is 0.296 e. The second-order valence-electron chi connectivity index (χ2n) is 5.19. The van der Waals surface area contributed by atoms with Gasteiger partial charge < -0.3 is 14.8 Å². The summed E-state index contributed by atoms with van der Waals surface area (Å²) < 4.78 is 10.1. The Bertz CT molecular complexity index is 896. The van der Waals surface area contributed by atoms with Crippen LogP contribution in [0.4, 0.5) is 17.1 Å². The minimum atomic E-state index is -0.733. The number of methoxy groups -OCH3 is 2. The van der Waals surface area contributed by atoms with Gasteiger partial charge in [0.15, 0.2) is 11.5 Å². The third kappa shape index (κ3) is 3.69. The molecular formula is C16H15N3O7. The van der Waals surface area contributed by atoms with E-state index in [0.29, 0.717) is 5.56 Å². The number of hydrogen-bond donors (Lipinski definition) is 1.